The van der Waals surface area contributed by atoms with Crippen molar-refractivity contribution in [1.82, 2.24) is 10.2 Å². The summed E-state index contributed by atoms with van der Waals surface area (Å²) in [6.45, 7) is 1.57. The van der Waals surface area contributed by atoms with Crippen molar-refractivity contribution in [1.29, 1.82) is 0 Å². The average Bonchev–Trinajstić information content (AvgIpc) is 2.79. The summed E-state index contributed by atoms with van der Waals surface area (Å²) < 4.78 is 9.98. The highest BCUT2D eigenvalue weighted by molar-refractivity contribution is 5.88. The summed E-state index contributed by atoms with van der Waals surface area (Å²) in [6, 6.07) is 1.72. The molecule has 0 atom stereocenters. The Balaban J connectivity index is 1.82. The lowest BCUT2D eigenvalue weighted by molar-refractivity contribution is 0.0593. The van der Waals surface area contributed by atoms with Gasteiger partial charge in [-0.3, -0.25) is 0 Å². The van der Waals surface area contributed by atoms with E-state index in [0.29, 0.717) is 12.1 Å². The minimum Gasteiger partial charge on any atom is -0.467 e. The summed E-state index contributed by atoms with van der Waals surface area (Å²) in [5.41, 5.74) is 0.753. The van der Waals surface area contributed by atoms with Crippen LogP contribution >= 0.6 is 0 Å². The second-order valence-corrected chi connectivity index (χ2v) is 5.37. The number of methoxy groups -OCH3 is 1. The Morgan fingerprint density at radius 1 is 1.53 bits per heavy atom. The predicted molar refractivity (Wildman–Crippen MR) is 72.0 cm³/mol. The van der Waals surface area contributed by atoms with Crippen LogP contribution in [0.4, 0.5) is 0 Å². The van der Waals surface area contributed by atoms with Gasteiger partial charge >= 0.3 is 5.97 Å². The van der Waals surface area contributed by atoms with Gasteiger partial charge in [0.15, 0.2) is 0 Å². The number of likely N-dealkylation sites (N-methyl/N-ethyl adjacent to an activating group) is 1. The Morgan fingerprint density at radius 3 is 2.79 bits per heavy atom. The normalized spacial score (nSPS) is 17.3. The highest BCUT2D eigenvalue weighted by Crippen LogP contribution is 2.35. The molecule has 1 fully saturated rings. The first-order valence-corrected chi connectivity index (χ1v) is 6.61. The Bertz CT molecular complexity index is 436. The van der Waals surface area contributed by atoms with Crippen molar-refractivity contribution in [2.75, 3.05) is 27.7 Å². The van der Waals surface area contributed by atoms with Crippen molar-refractivity contribution in [3.63, 3.8) is 0 Å². The third kappa shape index (κ3) is 2.98. The van der Waals surface area contributed by atoms with Gasteiger partial charge in [-0.25, -0.2) is 4.79 Å². The van der Waals surface area contributed by atoms with Gasteiger partial charge in [-0.2, -0.15) is 0 Å². The van der Waals surface area contributed by atoms with Gasteiger partial charge in [0.1, 0.15) is 12.0 Å². The number of carbonyl (C=O) groups is 1. The van der Waals surface area contributed by atoms with Crippen LogP contribution in [-0.2, 0) is 11.3 Å². The molecule has 1 aromatic rings. The second-order valence-electron chi connectivity index (χ2n) is 5.37. The molecule has 1 aliphatic carbocycles. The smallest absolute Gasteiger partial charge is 0.341 e. The molecule has 0 unspecified atom stereocenters. The van der Waals surface area contributed by atoms with E-state index < -0.39 is 0 Å². The molecule has 0 spiro atoms. The molecular formula is C14H22N2O3. The van der Waals surface area contributed by atoms with Crippen LogP contribution < -0.4 is 5.32 Å². The summed E-state index contributed by atoms with van der Waals surface area (Å²) in [7, 11) is 5.62. The van der Waals surface area contributed by atoms with Crippen LogP contribution in [0.1, 0.15) is 35.4 Å². The lowest BCUT2D eigenvalue weighted by atomic mass is 9.75. The number of nitrogens with zero attached hydrogens (tertiary/aromatic N) is 1. The lowest BCUT2D eigenvalue weighted by Crippen LogP contribution is -2.56. The minimum atomic E-state index is -0.362. The van der Waals surface area contributed by atoms with Crippen molar-refractivity contribution >= 4 is 5.97 Å². The number of hydrogen-bond donors (Lipinski definition) is 1. The van der Waals surface area contributed by atoms with E-state index in [4.69, 9.17) is 4.42 Å². The van der Waals surface area contributed by atoms with Crippen molar-refractivity contribution in [3.8, 4) is 0 Å². The van der Waals surface area contributed by atoms with Crippen LogP contribution in [0.5, 0.6) is 0 Å². The number of nitrogens with one attached hydrogen (secondary N) is 1. The largest absolute Gasteiger partial charge is 0.467 e. The zero-order valence-electron chi connectivity index (χ0n) is 11.9. The maximum absolute atomic E-state index is 11.3. The van der Waals surface area contributed by atoms with Crippen molar-refractivity contribution in [2.45, 2.75) is 31.3 Å². The lowest BCUT2D eigenvalue weighted by Gasteiger charge is -2.47. The Labute approximate surface area is 113 Å². The van der Waals surface area contributed by atoms with Gasteiger partial charge < -0.3 is 19.4 Å². The molecule has 0 aliphatic heterocycles. The maximum atomic E-state index is 11.3. The van der Waals surface area contributed by atoms with E-state index in [0.717, 1.165) is 12.3 Å². The van der Waals surface area contributed by atoms with Gasteiger partial charge in [0, 0.05) is 12.1 Å². The number of hydrogen-bond acceptors (Lipinski definition) is 5. The highest BCUT2D eigenvalue weighted by atomic mass is 16.5. The Kier molecular flexibility index (Phi) is 4.27. The van der Waals surface area contributed by atoms with E-state index >= 15 is 0 Å². The van der Waals surface area contributed by atoms with Crippen LogP contribution in [0, 0.1) is 0 Å². The molecule has 0 bridgehead atoms. The van der Waals surface area contributed by atoms with E-state index in [1.54, 1.807) is 6.07 Å². The fourth-order valence-corrected chi connectivity index (χ4v) is 2.48. The van der Waals surface area contributed by atoms with E-state index in [1.807, 2.05) is 0 Å². The second kappa shape index (κ2) is 5.75. The molecule has 2 rings (SSSR count). The SMILES string of the molecule is COC(=O)c1coc(CNCC2(N(C)C)CCC2)c1. The molecule has 1 N–H and O–H groups in total. The molecule has 0 amide bonds. The topological polar surface area (TPSA) is 54.7 Å². The monoisotopic (exact) mass is 266 g/mol. The molecule has 0 aromatic carbocycles. The molecule has 0 radical (unpaired) electrons. The quantitative estimate of drug-likeness (QED) is 0.793. The molecular weight excluding hydrogens is 244 g/mol. The number of esters is 1. The van der Waals surface area contributed by atoms with Crippen LogP contribution in [0.3, 0.4) is 0 Å². The molecule has 1 aliphatic rings. The number of carbonyl (C=O) groups excluding carboxylic acids is 1. The third-order valence-corrected chi connectivity index (χ3v) is 4.06. The van der Waals surface area contributed by atoms with Crippen LogP contribution in [-0.4, -0.2) is 44.2 Å². The van der Waals surface area contributed by atoms with Crippen molar-refractivity contribution < 1.29 is 13.9 Å². The molecule has 1 heterocycles. The third-order valence-electron chi connectivity index (χ3n) is 4.06. The summed E-state index contributed by atoms with van der Waals surface area (Å²) in [5, 5.41) is 3.41. The summed E-state index contributed by atoms with van der Waals surface area (Å²) >= 11 is 0. The highest BCUT2D eigenvalue weighted by Gasteiger charge is 2.38. The molecule has 5 heteroatoms. The van der Waals surface area contributed by atoms with Crippen LogP contribution in [0.25, 0.3) is 0 Å². The summed E-state index contributed by atoms with van der Waals surface area (Å²) in [6.07, 6.45) is 5.21. The number of ether oxygens (including phenoxy) is 1. The number of rotatable bonds is 6. The zero-order valence-corrected chi connectivity index (χ0v) is 11.9. The molecule has 1 saturated carbocycles. The Hall–Kier alpha value is -1.33. The van der Waals surface area contributed by atoms with Gasteiger partial charge in [0.05, 0.1) is 19.2 Å². The standard InChI is InChI=1S/C14H22N2O3/c1-16(2)14(5-4-6-14)10-15-8-12-7-11(9-19-12)13(17)18-3/h7,9,15H,4-6,8,10H2,1-3H3. The van der Waals surface area contributed by atoms with Gasteiger partial charge in [-0.05, 0) is 39.4 Å². The van der Waals surface area contributed by atoms with Gasteiger partial charge in [0.2, 0.25) is 0 Å². The zero-order chi connectivity index (χ0) is 13.9. The fourth-order valence-electron chi connectivity index (χ4n) is 2.48. The Morgan fingerprint density at radius 2 is 2.26 bits per heavy atom. The molecule has 5 nitrogen and oxygen atoms in total. The first-order chi connectivity index (χ1) is 9.07. The molecule has 0 saturated heterocycles. The van der Waals surface area contributed by atoms with E-state index in [-0.39, 0.29) is 11.5 Å². The first-order valence-electron chi connectivity index (χ1n) is 6.61. The number of furan rings is 1. The fraction of sp³-hybridized carbons (Fsp3) is 0.643. The van der Waals surface area contributed by atoms with Crippen LogP contribution in [0.2, 0.25) is 0 Å². The average molecular weight is 266 g/mol. The van der Waals surface area contributed by atoms with E-state index in [9.17, 15) is 4.79 Å². The van der Waals surface area contributed by atoms with Gasteiger partial charge in [-0.15, -0.1) is 0 Å². The van der Waals surface area contributed by atoms with E-state index in [2.05, 4.69) is 29.0 Å². The van der Waals surface area contributed by atoms with Gasteiger partial charge in [-0.1, -0.05) is 0 Å². The van der Waals surface area contributed by atoms with Crippen molar-refractivity contribution in [2.24, 2.45) is 0 Å². The van der Waals surface area contributed by atoms with E-state index in [1.165, 1.54) is 32.6 Å². The maximum Gasteiger partial charge on any atom is 0.341 e. The predicted octanol–water partition coefficient (Wildman–Crippen LogP) is 1.64. The molecule has 1 aromatic heterocycles. The molecule has 19 heavy (non-hydrogen) atoms. The van der Waals surface area contributed by atoms with Gasteiger partial charge in [0.25, 0.3) is 0 Å². The first kappa shape index (κ1) is 14.1. The molecule has 106 valence electrons. The summed E-state index contributed by atoms with van der Waals surface area (Å²) in [5.74, 6) is 0.396. The van der Waals surface area contributed by atoms with Crippen molar-refractivity contribution in [3.05, 3.63) is 23.7 Å². The summed E-state index contributed by atoms with van der Waals surface area (Å²) in [4.78, 5) is 13.6. The van der Waals surface area contributed by atoms with Crippen LogP contribution in [0.15, 0.2) is 16.7 Å². The minimum absolute atomic E-state index is 0.289.